The van der Waals surface area contributed by atoms with Gasteiger partial charge in [-0.3, -0.25) is 9.59 Å². The number of benzene rings is 1. The van der Waals surface area contributed by atoms with Gasteiger partial charge in [-0.05, 0) is 13.3 Å². The van der Waals surface area contributed by atoms with Crippen molar-refractivity contribution < 1.29 is 41.0 Å². The normalized spacial score (nSPS) is 12.0. The third-order valence-corrected chi connectivity index (χ3v) is 6.25. The lowest BCUT2D eigenvalue weighted by Crippen LogP contribution is -2.16. The second-order valence-corrected chi connectivity index (χ2v) is 9.43. The van der Waals surface area contributed by atoms with Crippen LogP contribution in [0.5, 0.6) is 0 Å². The monoisotopic (exact) mass is 536 g/mol. The van der Waals surface area contributed by atoms with Crippen LogP contribution in [0.4, 0.5) is 22.0 Å². The number of hydrogen-bond donors (Lipinski definition) is 0. The van der Waals surface area contributed by atoms with Crippen molar-refractivity contribution in [1.82, 2.24) is 0 Å². The fourth-order valence-electron chi connectivity index (χ4n) is 4.05. The maximum Gasteiger partial charge on any atom is 0.306 e. The maximum atomic E-state index is 13.8. The van der Waals surface area contributed by atoms with Gasteiger partial charge in [0.15, 0.2) is 23.3 Å². The second kappa shape index (κ2) is 19.0. The lowest BCUT2D eigenvalue weighted by Gasteiger charge is -2.16. The first kappa shape index (κ1) is 32.8. The summed E-state index contributed by atoms with van der Waals surface area (Å²) in [5.74, 6) is -12.3. The number of ether oxygens (including phenoxy) is 2. The first-order valence-corrected chi connectivity index (χ1v) is 13.6. The van der Waals surface area contributed by atoms with E-state index >= 15 is 0 Å². The van der Waals surface area contributed by atoms with Crippen LogP contribution in [-0.2, 0) is 19.1 Å². The number of hydrogen-bond acceptors (Lipinski definition) is 4. The van der Waals surface area contributed by atoms with Gasteiger partial charge in [0.25, 0.3) is 0 Å². The Morgan fingerprint density at radius 2 is 0.973 bits per heavy atom. The smallest absolute Gasteiger partial charge is 0.306 e. The molecule has 0 bridgehead atoms. The third kappa shape index (κ3) is 12.7. The zero-order valence-corrected chi connectivity index (χ0v) is 22.1. The quantitative estimate of drug-likeness (QED) is 0.0549. The molecule has 0 heterocycles. The summed E-state index contributed by atoms with van der Waals surface area (Å²) in [4.78, 5) is 23.6. The van der Waals surface area contributed by atoms with Crippen LogP contribution in [0.15, 0.2) is 0 Å². The number of rotatable bonds is 20. The predicted molar refractivity (Wildman–Crippen MR) is 131 cm³/mol. The van der Waals surface area contributed by atoms with Crippen LogP contribution in [0.2, 0.25) is 0 Å². The van der Waals surface area contributed by atoms with Gasteiger partial charge in [-0.1, -0.05) is 90.4 Å². The van der Waals surface area contributed by atoms with E-state index in [0.717, 1.165) is 26.2 Å². The predicted octanol–water partition coefficient (Wildman–Crippen LogP) is 8.79. The van der Waals surface area contributed by atoms with E-state index in [9.17, 15) is 31.5 Å². The molecule has 0 aliphatic carbocycles. The molecule has 0 saturated heterocycles. The summed E-state index contributed by atoms with van der Waals surface area (Å²) in [6, 6.07) is 0. The van der Waals surface area contributed by atoms with Gasteiger partial charge in [-0.15, -0.1) is 0 Å². The Morgan fingerprint density at radius 1 is 0.595 bits per heavy atom. The number of carbonyl (C=O) groups is 2. The van der Waals surface area contributed by atoms with E-state index in [1.54, 1.807) is 0 Å². The van der Waals surface area contributed by atoms with E-state index < -0.39 is 59.1 Å². The average molecular weight is 537 g/mol. The highest BCUT2D eigenvalue weighted by molar-refractivity contribution is 5.77. The molecule has 0 radical (unpaired) electrons. The topological polar surface area (TPSA) is 52.6 Å². The highest BCUT2D eigenvalue weighted by atomic mass is 19.2. The summed E-state index contributed by atoms with van der Waals surface area (Å²) < 4.78 is 77.2. The van der Waals surface area contributed by atoms with Crippen molar-refractivity contribution in [3.05, 3.63) is 34.6 Å². The first-order valence-electron chi connectivity index (χ1n) is 13.6. The van der Waals surface area contributed by atoms with E-state index in [1.807, 2.05) is 0 Å². The molecule has 212 valence electrons. The number of unbranched alkanes of at least 4 members (excludes halogenated alkanes) is 13. The Morgan fingerprint density at radius 3 is 1.43 bits per heavy atom. The Labute approximate surface area is 217 Å². The molecule has 0 aliphatic rings. The SMILES string of the molecule is CCCCCCCCCCCCCCCCOC(=O)CCC(=O)OC(C)c1c(F)c(F)c(F)c(F)c1F. The molecule has 0 fully saturated rings. The Bertz CT molecular complexity index is 802. The molecule has 1 aromatic rings. The summed E-state index contributed by atoms with van der Waals surface area (Å²) in [5, 5.41) is 0. The van der Waals surface area contributed by atoms with Gasteiger partial charge < -0.3 is 9.47 Å². The zero-order valence-electron chi connectivity index (χ0n) is 22.1. The summed E-state index contributed by atoms with van der Waals surface area (Å²) in [6.45, 7) is 3.43. The lowest BCUT2D eigenvalue weighted by atomic mass is 10.0. The summed E-state index contributed by atoms with van der Waals surface area (Å²) >= 11 is 0. The van der Waals surface area contributed by atoms with Crippen LogP contribution in [-0.4, -0.2) is 18.5 Å². The molecule has 0 aliphatic heterocycles. The van der Waals surface area contributed by atoms with E-state index in [1.165, 1.54) is 64.2 Å². The molecule has 0 spiro atoms. The Balaban J connectivity index is 2.09. The molecule has 0 aromatic heterocycles. The van der Waals surface area contributed by atoms with Crippen molar-refractivity contribution in [3.8, 4) is 0 Å². The maximum absolute atomic E-state index is 13.8. The van der Waals surface area contributed by atoms with Crippen LogP contribution < -0.4 is 0 Å². The number of esters is 2. The van der Waals surface area contributed by atoms with Gasteiger partial charge in [0, 0.05) is 0 Å². The van der Waals surface area contributed by atoms with E-state index in [2.05, 4.69) is 6.92 Å². The Kier molecular flexibility index (Phi) is 16.8. The fraction of sp³-hybridized carbons (Fsp3) is 0.714. The van der Waals surface area contributed by atoms with E-state index in [4.69, 9.17) is 9.47 Å². The molecule has 0 N–H and O–H groups in total. The molecule has 1 atom stereocenters. The Hall–Kier alpha value is -2.19. The first-order chi connectivity index (χ1) is 17.7. The van der Waals surface area contributed by atoms with Crippen molar-refractivity contribution in [2.45, 2.75) is 123 Å². The van der Waals surface area contributed by atoms with Crippen LogP contribution in [0.3, 0.4) is 0 Å². The lowest BCUT2D eigenvalue weighted by molar-refractivity contribution is -0.153. The molecule has 1 rings (SSSR count). The molecular formula is C28H41F5O4. The van der Waals surface area contributed by atoms with Gasteiger partial charge >= 0.3 is 11.9 Å². The minimum atomic E-state index is -2.29. The van der Waals surface area contributed by atoms with Crippen LogP contribution >= 0.6 is 0 Å². The minimum Gasteiger partial charge on any atom is -0.466 e. The molecule has 4 nitrogen and oxygen atoms in total. The van der Waals surface area contributed by atoms with Crippen molar-refractivity contribution in [1.29, 1.82) is 0 Å². The standard InChI is InChI=1S/C28H41F5O4/c1-3-4-5-6-7-8-9-10-11-12-13-14-15-16-19-36-21(34)17-18-22(35)37-20(2)23-24(29)26(31)28(33)27(32)25(23)30/h20H,3-19H2,1-2H3. The molecular weight excluding hydrogens is 495 g/mol. The average Bonchev–Trinajstić information content (AvgIpc) is 2.87. The molecule has 1 aromatic carbocycles. The van der Waals surface area contributed by atoms with Crippen molar-refractivity contribution >= 4 is 11.9 Å². The van der Waals surface area contributed by atoms with Crippen LogP contribution in [0, 0.1) is 29.1 Å². The second-order valence-electron chi connectivity index (χ2n) is 9.43. The molecule has 1 unspecified atom stereocenters. The van der Waals surface area contributed by atoms with Gasteiger partial charge in [-0.2, -0.15) is 0 Å². The van der Waals surface area contributed by atoms with Crippen molar-refractivity contribution in [2.24, 2.45) is 0 Å². The summed E-state index contributed by atoms with van der Waals surface area (Å²) in [5.41, 5.74) is -1.25. The largest absolute Gasteiger partial charge is 0.466 e. The highest BCUT2D eigenvalue weighted by Gasteiger charge is 2.30. The van der Waals surface area contributed by atoms with Crippen molar-refractivity contribution in [3.63, 3.8) is 0 Å². The summed E-state index contributed by atoms with van der Waals surface area (Å²) in [7, 11) is 0. The van der Waals surface area contributed by atoms with Crippen LogP contribution in [0.1, 0.15) is 128 Å². The number of halogens is 5. The van der Waals surface area contributed by atoms with E-state index in [-0.39, 0.29) is 13.0 Å². The van der Waals surface area contributed by atoms with Crippen LogP contribution in [0.25, 0.3) is 0 Å². The van der Waals surface area contributed by atoms with Gasteiger partial charge in [0.1, 0.15) is 6.10 Å². The minimum absolute atomic E-state index is 0.229. The zero-order chi connectivity index (χ0) is 27.6. The molecule has 0 saturated carbocycles. The number of carbonyl (C=O) groups excluding carboxylic acids is 2. The summed E-state index contributed by atoms with van der Waals surface area (Å²) in [6.07, 6.45) is 14.4. The highest BCUT2D eigenvalue weighted by Crippen LogP contribution is 2.29. The van der Waals surface area contributed by atoms with E-state index in [0.29, 0.717) is 6.42 Å². The fourth-order valence-corrected chi connectivity index (χ4v) is 4.05. The van der Waals surface area contributed by atoms with Gasteiger partial charge in [0.2, 0.25) is 5.82 Å². The molecule has 0 amide bonds. The molecule has 9 heteroatoms. The van der Waals surface area contributed by atoms with Crippen molar-refractivity contribution in [2.75, 3.05) is 6.61 Å². The molecule has 37 heavy (non-hydrogen) atoms. The van der Waals surface area contributed by atoms with Gasteiger partial charge in [-0.25, -0.2) is 22.0 Å². The van der Waals surface area contributed by atoms with Gasteiger partial charge in [0.05, 0.1) is 25.0 Å². The third-order valence-electron chi connectivity index (χ3n) is 6.25.